The second kappa shape index (κ2) is 5.53. The summed E-state index contributed by atoms with van der Waals surface area (Å²) in [5.74, 6) is -0.253. The maximum atomic E-state index is 12.7. The van der Waals surface area contributed by atoms with Gasteiger partial charge in [-0.2, -0.15) is 0 Å². The maximum absolute atomic E-state index is 12.7. The molecule has 2 rings (SSSR count). The van der Waals surface area contributed by atoms with E-state index in [2.05, 4.69) is 5.32 Å². The van der Waals surface area contributed by atoms with E-state index in [4.69, 9.17) is 0 Å². The van der Waals surface area contributed by atoms with E-state index in [0.29, 0.717) is 19.6 Å². The van der Waals surface area contributed by atoms with Crippen LogP contribution < -0.4 is 11.0 Å². The summed E-state index contributed by atoms with van der Waals surface area (Å²) in [6.07, 6.45) is 3.55. The maximum Gasteiger partial charge on any atom is 0.328 e. The summed E-state index contributed by atoms with van der Waals surface area (Å²) in [6, 6.07) is 6.16. The van der Waals surface area contributed by atoms with Crippen molar-refractivity contribution in [1.82, 2.24) is 9.13 Å². The lowest BCUT2D eigenvalue weighted by Gasteiger charge is -2.06. The molecule has 1 aromatic heterocycles. The molecule has 0 saturated carbocycles. The Bertz CT molecular complexity index is 556. The van der Waals surface area contributed by atoms with Gasteiger partial charge >= 0.3 is 5.69 Å². The fourth-order valence-electron chi connectivity index (χ4n) is 1.75. The monoisotopic (exact) mass is 249 g/mol. The molecular formula is C13H16FN3O. The molecule has 4 nitrogen and oxygen atoms in total. The minimum Gasteiger partial charge on any atom is -0.383 e. The van der Waals surface area contributed by atoms with Crippen molar-refractivity contribution in [2.24, 2.45) is 0 Å². The third kappa shape index (κ3) is 2.80. The third-order valence-electron chi connectivity index (χ3n) is 2.78. The Morgan fingerprint density at radius 3 is 2.44 bits per heavy atom. The standard InChI is InChI=1S/C13H16FN3O/c1-2-16-9-10-17(13(16)18)8-7-15-12-5-3-11(14)4-6-12/h3-6,9-10,15H,2,7-8H2,1H3. The number of anilines is 1. The van der Waals surface area contributed by atoms with Gasteiger partial charge in [-0.15, -0.1) is 0 Å². The molecule has 5 heteroatoms. The van der Waals surface area contributed by atoms with Crippen molar-refractivity contribution in [3.63, 3.8) is 0 Å². The van der Waals surface area contributed by atoms with Crippen molar-refractivity contribution in [3.05, 3.63) is 53.0 Å². The van der Waals surface area contributed by atoms with Crippen LogP contribution in [0.1, 0.15) is 6.92 Å². The summed E-state index contributed by atoms with van der Waals surface area (Å²) in [5.41, 5.74) is 0.845. The van der Waals surface area contributed by atoms with E-state index in [9.17, 15) is 9.18 Å². The fraction of sp³-hybridized carbons (Fsp3) is 0.308. The van der Waals surface area contributed by atoms with E-state index in [1.165, 1.54) is 12.1 Å². The average molecular weight is 249 g/mol. The Labute approximate surface area is 105 Å². The fourth-order valence-corrected chi connectivity index (χ4v) is 1.75. The number of hydrogen-bond acceptors (Lipinski definition) is 2. The molecule has 2 aromatic rings. The molecular weight excluding hydrogens is 233 g/mol. The zero-order valence-electron chi connectivity index (χ0n) is 10.3. The minimum absolute atomic E-state index is 0.00148. The van der Waals surface area contributed by atoms with Gasteiger partial charge < -0.3 is 5.32 Å². The van der Waals surface area contributed by atoms with Crippen LogP contribution in [0.4, 0.5) is 10.1 Å². The van der Waals surface area contributed by atoms with Crippen LogP contribution in [-0.4, -0.2) is 15.7 Å². The number of imidazole rings is 1. The summed E-state index contributed by atoms with van der Waals surface area (Å²) in [6.45, 7) is 3.82. The smallest absolute Gasteiger partial charge is 0.328 e. The first-order valence-electron chi connectivity index (χ1n) is 5.95. The first-order valence-corrected chi connectivity index (χ1v) is 5.95. The van der Waals surface area contributed by atoms with Crippen LogP contribution in [0.2, 0.25) is 0 Å². The van der Waals surface area contributed by atoms with Crippen molar-refractivity contribution >= 4 is 5.69 Å². The van der Waals surface area contributed by atoms with Gasteiger partial charge in [-0.05, 0) is 31.2 Å². The number of aryl methyl sites for hydroxylation is 1. The number of rotatable bonds is 5. The number of hydrogen-bond donors (Lipinski definition) is 1. The predicted molar refractivity (Wildman–Crippen MR) is 69.3 cm³/mol. The van der Waals surface area contributed by atoms with Crippen molar-refractivity contribution in [2.45, 2.75) is 20.0 Å². The van der Waals surface area contributed by atoms with Crippen LogP contribution in [0.15, 0.2) is 41.5 Å². The lowest BCUT2D eigenvalue weighted by molar-refractivity contribution is 0.627. The molecule has 0 bridgehead atoms. The topological polar surface area (TPSA) is 39.0 Å². The Morgan fingerprint density at radius 1 is 1.17 bits per heavy atom. The third-order valence-corrected chi connectivity index (χ3v) is 2.78. The molecule has 1 heterocycles. The van der Waals surface area contributed by atoms with Crippen LogP contribution in [0, 0.1) is 5.82 Å². The summed E-state index contributed by atoms with van der Waals surface area (Å²) in [7, 11) is 0. The first-order chi connectivity index (χ1) is 8.70. The van der Waals surface area contributed by atoms with Gasteiger partial charge in [0.15, 0.2) is 0 Å². The highest BCUT2D eigenvalue weighted by atomic mass is 19.1. The normalized spacial score (nSPS) is 10.6. The number of nitrogens with zero attached hydrogens (tertiary/aromatic N) is 2. The second-order valence-corrected chi connectivity index (χ2v) is 3.99. The molecule has 18 heavy (non-hydrogen) atoms. The molecule has 0 atom stereocenters. The van der Waals surface area contributed by atoms with Gasteiger partial charge in [-0.25, -0.2) is 9.18 Å². The molecule has 1 aromatic carbocycles. The molecule has 0 aliphatic rings. The van der Waals surface area contributed by atoms with E-state index >= 15 is 0 Å². The summed E-state index contributed by atoms with van der Waals surface area (Å²) < 4.78 is 16.0. The molecule has 0 saturated heterocycles. The highest BCUT2D eigenvalue weighted by Crippen LogP contribution is 2.07. The van der Waals surface area contributed by atoms with E-state index in [0.717, 1.165) is 5.69 Å². The second-order valence-electron chi connectivity index (χ2n) is 3.99. The van der Waals surface area contributed by atoms with Crippen molar-refractivity contribution in [1.29, 1.82) is 0 Å². The van der Waals surface area contributed by atoms with E-state index in [1.54, 1.807) is 33.7 Å². The molecule has 1 N–H and O–H groups in total. The molecule has 0 fully saturated rings. The first kappa shape index (κ1) is 12.4. The number of halogens is 1. The largest absolute Gasteiger partial charge is 0.383 e. The van der Waals surface area contributed by atoms with Gasteiger partial charge in [0, 0.05) is 37.7 Å². The van der Waals surface area contributed by atoms with Crippen LogP contribution in [0.3, 0.4) is 0 Å². The van der Waals surface area contributed by atoms with Gasteiger partial charge in [-0.3, -0.25) is 9.13 Å². The molecule has 0 spiro atoms. The molecule has 0 unspecified atom stereocenters. The molecule has 96 valence electrons. The van der Waals surface area contributed by atoms with Gasteiger partial charge in [0.25, 0.3) is 0 Å². The van der Waals surface area contributed by atoms with Crippen LogP contribution >= 0.6 is 0 Å². The molecule has 0 amide bonds. The molecule has 0 aliphatic heterocycles. The van der Waals surface area contributed by atoms with Crippen LogP contribution in [0.5, 0.6) is 0 Å². The van der Waals surface area contributed by atoms with Gasteiger partial charge in [-0.1, -0.05) is 0 Å². The Kier molecular flexibility index (Phi) is 3.82. The van der Waals surface area contributed by atoms with Crippen molar-refractivity contribution in [3.8, 4) is 0 Å². The zero-order chi connectivity index (χ0) is 13.0. The Hall–Kier alpha value is -2.04. The number of aromatic nitrogens is 2. The number of nitrogens with one attached hydrogen (secondary N) is 1. The van der Waals surface area contributed by atoms with E-state index in [-0.39, 0.29) is 11.5 Å². The quantitative estimate of drug-likeness (QED) is 0.879. The zero-order valence-corrected chi connectivity index (χ0v) is 10.3. The molecule has 0 aliphatic carbocycles. The highest BCUT2D eigenvalue weighted by molar-refractivity contribution is 5.42. The highest BCUT2D eigenvalue weighted by Gasteiger charge is 2.00. The van der Waals surface area contributed by atoms with Gasteiger partial charge in [0.1, 0.15) is 5.82 Å². The van der Waals surface area contributed by atoms with Crippen molar-refractivity contribution < 1.29 is 4.39 Å². The van der Waals surface area contributed by atoms with E-state index < -0.39 is 0 Å². The van der Waals surface area contributed by atoms with Gasteiger partial charge in [0.05, 0.1) is 0 Å². The SMILES string of the molecule is CCn1ccn(CCNc2ccc(F)cc2)c1=O. The number of benzene rings is 1. The van der Waals surface area contributed by atoms with Crippen LogP contribution in [-0.2, 0) is 13.1 Å². The minimum atomic E-state index is -0.253. The summed E-state index contributed by atoms with van der Waals surface area (Å²) in [5, 5.41) is 3.14. The average Bonchev–Trinajstić information content (AvgIpc) is 2.73. The van der Waals surface area contributed by atoms with E-state index in [1.807, 2.05) is 6.92 Å². The Morgan fingerprint density at radius 2 is 1.83 bits per heavy atom. The lowest BCUT2D eigenvalue weighted by atomic mass is 10.3. The molecule has 0 radical (unpaired) electrons. The van der Waals surface area contributed by atoms with Crippen LogP contribution in [0.25, 0.3) is 0 Å². The predicted octanol–water partition coefficient (Wildman–Crippen LogP) is 1.92. The summed E-state index contributed by atoms with van der Waals surface area (Å²) in [4.78, 5) is 11.7. The summed E-state index contributed by atoms with van der Waals surface area (Å²) >= 11 is 0. The van der Waals surface area contributed by atoms with Gasteiger partial charge in [0.2, 0.25) is 0 Å². The lowest BCUT2D eigenvalue weighted by Crippen LogP contribution is -2.25. The Balaban J connectivity index is 1.90. The van der Waals surface area contributed by atoms with Crippen molar-refractivity contribution in [2.75, 3.05) is 11.9 Å².